The normalized spacial score (nSPS) is 17.0. The molecule has 130 valence electrons. The molecule has 3 rings (SSSR count). The lowest BCUT2D eigenvalue weighted by atomic mass is 10.0. The van der Waals surface area contributed by atoms with Gasteiger partial charge in [-0.2, -0.15) is 10.4 Å². The summed E-state index contributed by atoms with van der Waals surface area (Å²) in [5.74, 6) is 0.761. The van der Waals surface area contributed by atoms with Crippen LogP contribution in [0.2, 0.25) is 0 Å². The van der Waals surface area contributed by atoms with Crippen LogP contribution in [0.5, 0.6) is 0 Å². The molecule has 0 aliphatic carbocycles. The van der Waals surface area contributed by atoms with Gasteiger partial charge in [0.05, 0.1) is 19.0 Å². The Hall–Kier alpha value is -2.81. The molecule has 1 atom stereocenters. The molecule has 25 heavy (non-hydrogen) atoms. The molecule has 1 aromatic carbocycles. The number of carbonyl (C=O) groups excluding carboxylic acids is 1. The average Bonchev–Trinajstić information content (AvgIpc) is 3.14. The summed E-state index contributed by atoms with van der Waals surface area (Å²) in [7, 11) is 0. The minimum atomic E-state index is -0.264. The van der Waals surface area contributed by atoms with Crippen molar-refractivity contribution in [3.05, 3.63) is 41.1 Å². The minimum absolute atomic E-state index is 0.0848. The lowest BCUT2D eigenvalue weighted by Gasteiger charge is -2.22. The number of nitriles is 1. The maximum Gasteiger partial charge on any atom is 0.249 e. The second-order valence-electron chi connectivity index (χ2n) is 6.59. The highest BCUT2D eigenvalue weighted by molar-refractivity contribution is 6.02. The lowest BCUT2D eigenvalue weighted by Crippen LogP contribution is -2.34. The zero-order valence-electron chi connectivity index (χ0n) is 14.9. The number of amides is 1. The second-order valence-corrected chi connectivity index (χ2v) is 6.59. The summed E-state index contributed by atoms with van der Waals surface area (Å²) < 4.78 is 1.72. The highest BCUT2D eigenvalue weighted by Gasteiger charge is 2.34. The van der Waals surface area contributed by atoms with Crippen molar-refractivity contribution < 1.29 is 4.79 Å². The van der Waals surface area contributed by atoms with E-state index in [2.05, 4.69) is 49.4 Å². The molecule has 6 heteroatoms. The Morgan fingerprint density at radius 2 is 2.04 bits per heavy atom. The number of carbonyl (C=O) groups is 1. The maximum absolute atomic E-state index is 12.9. The van der Waals surface area contributed by atoms with Gasteiger partial charge in [-0.05, 0) is 38.3 Å². The van der Waals surface area contributed by atoms with Crippen LogP contribution in [0.4, 0.5) is 11.5 Å². The van der Waals surface area contributed by atoms with Gasteiger partial charge in [-0.25, -0.2) is 0 Å². The standard InChI is InChI=1S/C19H23N5O/c1-13-11-14(2)18(15(3)12-13)24-10-5-16(19(24)25)21-17-6-9-23(22-17)8-4-7-20/h6,9,11-12,16H,4-5,8,10H2,1-3H3,(H,21,22)/t16-/m1/s1. The van der Waals surface area contributed by atoms with E-state index in [9.17, 15) is 4.79 Å². The Bertz CT molecular complexity index is 810. The van der Waals surface area contributed by atoms with Crippen molar-refractivity contribution in [2.45, 2.75) is 46.2 Å². The SMILES string of the molecule is Cc1cc(C)c(N2CC[C@@H](Nc3ccn(CCC#N)n3)C2=O)c(C)c1. The van der Waals surface area contributed by atoms with E-state index in [-0.39, 0.29) is 11.9 Å². The van der Waals surface area contributed by atoms with Crippen LogP contribution in [0.15, 0.2) is 24.4 Å². The fourth-order valence-electron chi connectivity index (χ4n) is 3.54. The molecule has 1 aromatic heterocycles. The monoisotopic (exact) mass is 337 g/mol. The highest BCUT2D eigenvalue weighted by atomic mass is 16.2. The van der Waals surface area contributed by atoms with Gasteiger partial charge in [-0.1, -0.05) is 17.7 Å². The summed E-state index contributed by atoms with van der Waals surface area (Å²) in [6, 6.07) is 7.92. The second kappa shape index (κ2) is 6.98. The number of nitrogens with one attached hydrogen (secondary N) is 1. The van der Waals surface area contributed by atoms with E-state index in [0.29, 0.717) is 25.3 Å². The van der Waals surface area contributed by atoms with Gasteiger partial charge in [0.2, 0.25) is 5.91 Å². The molecule has 6 nitrogen and oxygen atoms in total. The Labute approximate surface area is 148 Å². The van der Waals surface area contributed by atoms with E-state index >= 15 is 0 Å². The van der Waals surface area contributed by atoms with E-state index < -0.39 is 0 Å². The topological polar surface area (TPSA) is 73.9 Å². The van der Waals surface area contributed by atoms with Gasteiger partial charge >= 0.3 is 0 Å². The first-order valence-corrected chi connectivity index (χ1v) is 8.56. The molecule has 1 N–H and O–H groups in total. The van der Waals surface area contributed by atoms with Gasteiger partial charge in [0, 0.05) is 24.5 Å². The van der Waals surface area contributed by atoms with Crippen LogP contribution in [0.25, 0.3) is 0 Å². The quantitative estimate of drug-likeness (QED) is 0.910. The number of aromatic nitrogens is 2. The number of anilines is 2. The fourth-order valence-corrected chi connectivity index (χ4v) is 3.54. The summed E-state index contributed by atoms with van der Waals surface area (Å²) in [5.41, 5.74) is 4.50. The van der Waals surface area contributed by atoms with Crippen LogP contribution in [-0.2, 0) is 11.3 Å². The van der Waals surface area contributed by atoms with Crippen LogP contribution in [0.3, 0.4) is 0 Å². The number of hydrogen-bond acceptors (Lipinski definition) is 4. The van der Waals surface area contributed by atoms with E-state index in [1.807, 2.05) is 17.2 Å². The molecule has 0 saturated carbocycles. The molecule has 0 spiro atoms. The largest absolute Gasteiger partial charge is 0.357 e. The summed E-state index contributed by atoms with van der Waals surface area (Å²) >= 11 is 0. The smallest absolute Gasteiger partial charge is 0.249 e. The number of hydrogen-bond donors (Lipinski definition) is 1. The highest BCUT2D eigenvalue weighted by Crippen LogP contribution is 2.30. The van der Waals surface area contributed by atoms with Crippen LogP contribution in [-0.4, -0.2) is 28.3 Å². The third-order valence-corrected chi connectivity index (χ3v) is 4.53. The molecule has 0 bridgehead atoms. The molecule has 0 unspecified atom stereocenters. The van der Waals surface area contributed by atoms with Crippen molar-refractivity contribution in [1.29, 1.82) is 5.26 Å². The predicted molar refractivity (Wildman–Crippen MR) is 97.5 cm³/mol. The first kappa shape index (κ1) is 17.0. The third kappa shape index (κ3) is 3.50. The fraction of sp³-hybridized carbons (Fsp3) is 0.421. The van der Waals surface area contributed by atoms with Crippen molar-refractivity contribution in [2.75, 3.05) is 16.8 Å². The summed E-state index contributed by atoms with van der Waals surface area (Å²) in [6.07, 6.45) is 2.99. The van der Waals surface area contributed by atoms with Crippen LogP contribution in [0.1, 0.15) is 29.5 Å². The number of rotatable bonds is 5. The summed E-state index contributed by atoms with van der Waals surface area (Å²) in [4.78, 5) is 14.7. The van der Waals surface area contributed by atoms with Crippen molar-refractivity contribution in [3.8, 4) is 6.07 Å². The van der Waals surface area contributed by atoms with Crippen LogP contribution >= 0.6 is 0 Å². The zero-order chi connectivity index (χ0) is 18.0. The molecule has 1 saturated heterocycles. The Balaban J connectivity index is 1.72. The van der Waals surface area contributed by atoms with Crippen LogP contribution in [0, 0.1) is 32.1 Å². The van der Waals surface area contributed by atoms with E-state index in [4.69, 9.17) is 5.26 Å². The molecule has 1 amide bonds. The number of benzene rings is 1. The number of nitrogens with zero attached hydrogens (tertiary/aromatic N) is 4. The molecule has 2 aromatic rings. The van der Waals surface area contributed by atoms with Crippen molar-refractivity contribution in [2.24, 2.45) is 0 Å². The van der Waals surface area contributed by atoms with E-state index in [1.54, 1.807) is 4.68 Å². The van der Waals surface area contributed by atoms with Gasteiger partial charge in [0.15, 0.2) is 0 Å². The van der Waals surface area contributed by atoms with E-state index in [1.165, 1.54) is 5.56 Å². The lowest BCUT2D eigenvalue weighted by molar-refractivity contribution is -0.117. The summed E-state index contributed by atoms with van der Waals surface area (Å²) in [5, 5.41) is 16.2. The molecule has 1 aliphatic heterocycles. The Morgan fingerprint density at radius 1 is 1.32 bits per heavy atom. The predicted octanol–water partition coefficient (Wildman–Crippen LogP) is 2.94. The first-order chi connectivity index (χ1) is 12.0. The van der Waals surface area contributed by atoms with Crippen LogP contribution < -0.4 is 10.2 Å². The Kier molecular flexibility index (Phi) is 4.75. The zero-order valence-corrected chi connectivity index (χ0v) is 14.9. The number of aryl methyl sites for hydroxylation is 4. The van der Waals surface area contributed by atoms with Gasteiger partial charge in [0.1, 0.15) is 11.9 Å². The van der Waals surface area contributed by atoms with Gasteiger partial charge < -0.3 is 10.2 Å². The van der Waals surface area contributed by atoms with Crippen molar-refractivity contribution in [3.63, 3.8) is 0 Å². The van der Waals surface area contributed by atoms with Crippen molar-refractivity contribution in [1.82, 2.24) is 9.78 Å². The van der Waals surface area contributed by atoms with E-state index in [0.717, 1.165) is 23.2 Å². The third-order valence-electron chi connectivity index (χ3n) is 4.53. The molecular formula is C19H23N5O. The first-order valence-electron chi connectivity index (χ1n) is 8.56. The average molecular weight is 337 g/mol. The minimum Gasteiger partial charge on any atom is -0.357 e. The molecule has 1 fully saturated rings. The van der Waals surface area contributed by atoms with Gasteiger partial charge in [-0.3, -0.25) is 9.48 Å². The van der Waals surface area contributed by atoms with Gasteiger partial charge in [0.25, 0.3) is 0 Å². The Morgan fingerprint density at radius 3 is 2.72 bits per heavy atom. The molecule has 0 radical (unpaired) electrons. The molecular weight excluding hydrogens is 314 g/mol. The molecule has 1 aliphatic rings. The van der Waals surface area contributed by atoms with Crippen molar-refractivity contribution >= 4 is 17.4 Å². The summed E-state index contributed by atoms with van der Waals surface area (Å²) in [6.45, 7) is 7.45. The van der Waals surface area contributed by atoms with Gasteiger partial charge in [-0.15, -0.1) is 0 Å². The molecule has 2 heterocycles. The maximum atomic E-state index is 12.9.